The van der Waals surface area contributed by atoms with Gasteiger partial charge in [0.05, 0.1) is 12.4 Å². The molecule has 3 aromatic rings. The van der Waals surface area contributed by atoms with E-state index in [1.807, 2.05) is 30.3 Å². The molecule has 7 heteroatoms. The van der Waals surface area contributed by atoms with Crippen molar-refractivity contribution in [1.29, 1.82) is 0 Å². The van der Waals surface area contributed by atoms with Gasteiger partial charge in [0.25, 0.3) is 5.95 Å². The van der Waals surface area contributed by atoms with Gasteiger partial charge in [-0.2, -0.15) is 5.10 Å². The van der Waals surface area contributed by atoms with Crippen LogP contribution in [0, 0.1) is 0 Å². The minimum absolute atomic E-state index is 0.0620. The van der Waals surface area contributed by atoms with Crippen LogP contribution in [0.4, 0.5) is 0 Å². The van der Waals surface area contributed by atoms with Gasteiger partial charge in [-0.3, -0.25) is 0 Å². The average Bonchev–Trinajstić information content (AvgIpc) is 3.05. The SMILES string of the molecule is O=C(O)c1ccn(-c2ncc(OCc3ccccc3)cn2)n1. The molecule has 0 radical (unpaired) electrons. The lowest BCUT2D eigenvalue weighted by atomic mass is 10.2. The van der Waals surface area contributed by atoms with Gasteiger partial charge in [-0.1, -0.05) is 30.3 Å². The first-order valence-electron chi connectivity index (χ1n) is 6.50. The molecule has 7 nitrogen and oxygen atoms in total. The third-order valence-electron chi connectivity index (χ3n) is 2.88. The molecule has 0 aliphatic heterocycles. The van der Waals surface area contributed by atoms with Crippen molar-refractivity contribution in [3.8, 4) is 11.7 Å². The van der Waals surface area contributed by atoms with Gasteiger partial charge in [0.15, 0.2) is 11.4 Å². The Balaban J connectivity index is 1.68. The Hall–Kier alpha value is -3.22. The highest BCUT2D eigenvalue weighted by Gasteiger charge is 2.09. The Morgan fingerprint density at radius 1 is 1.14 bits per heavy atom. The first-order chi connectivity index (χ1) is 10.7. The van der Waals surface area contributed by atoms with Gasteiger partial charge in [-0.25, -0.2) is 19.4 Å². The second-order valence-electron chi connectivity index (χ2n) is 4.44. The molecule has 110 valence electrons. The van der Waals surface area contributed by atoms with Gasteiger partial charge in [0.1, 0.15) is 6.61 Å². The maximum Gasteiger partial charge on any atom is 0.356 e. The summed E-state index contributed by atoms with van der Waals surface area (Å²) in [4.78, 5) is 19.0. The zero-order valence-corrected chi connectivity index (χ0v) is 11.5. The Morgan fingerprint density at radius 2 is 1.86 bits per heavy atom. The Bertz CT molecular complexity index is 769. The van der Waals surface area contributed by atoms with Crippen molar-refractivity contribution in [2.75, 3.05) is 0 Å². The lowest BCUT2D eigenvalue weighted by molar-refractivity contribution is 0.0690. The molecule has 0 saturated heterocycles. The van der Waals surface area contributed by atoms with E-state index in [2.05, 4.69) is 15.1 Å². The summed E-state index contributed by atoms with van der Waals surface area (Å²) in [7, 11) is 0. The number of nitrogens with zero attached hydrogens (tertiary/aromatic N) is 4. The highest BCUT2D eigenvalue weighted by molar-refractivity contribution is 5.85. The van der Waals surface area contributed by atoms with Crippen molar-refractivity contribution in [3.05, 3.63) is 66.2 Å². The molecule has 1 aromatic carbocycles. The van der Waals surface area contributed by atoms with E-state index in [9.17, 15) is 4.79 Å². The van der Waals surface area contributed by atoms with Crippen molar-refractivity contribution in [2.45, 2.75) is 6.61 Å². The van der Waals surface area contributed by atoms with E-state index in [-0.39, 0.29) is 11.6 Å². The molecular weight excluding hydrogens is 284 g/mol. The summed E-state index contributed by atoms with van der Waals surface area (Å²) in [5, 5.41) is 12.7. The molecule has 1 N–H and O–H groups in total. The first-order valence-corrected chi connectivity index (χ1v) is 6.50. The van der Waals surface area contributed by atoms with Crippen molar-refractivity contribution < 1.29 is 14.6 Å². The van der Waals surface area contributed by atoms with Gasteiger partial charge >= 0.3 is 5.97 Å². The maximum atomic E-state index is 10.8. The quantitative estimate of drug-likeness (QED) is 0.773. The summed E-state index contributed by atoms with van der Waals surface area (Å²) in [6, 6.07) is 11.1. The highest BCUT2D eigenvalue weighted by Crippen LogP contribution is 2.11. The van der Waals surface area contributed by atoms with Crippen LogP contribution < -0.4 is 4.74 Å². The minimum Gasteiger partial charge on any atom is -0.486 e. The molecule has 0 atom stereocenters. The van der Waals surface area contributed by atoms with Crippen LogP contribution in [0.25, 0.3) is 5.95 Å². The Labute approximate surface area is 125 Å². The fourth-order valence-corrected chi connectivity index (χ4v) is 1.79. The Kier molecular flexibility index (Phi) is 3.78. The molecular formula is C15H12N4O3. The number of carboxylic acid groups (broad SMARTS) is 1. The molecule has 0 bridgehead atoms. The molecule has 0 aliphatic rings. The van der Waals surface area contributed by atoms with Crippen LogP contribution in [0.3, 0.4) is 0 Å². The third kappa shape index (κ3) is 3.09. The van der Waals surface area contributed by atoms with Crippen LogP contribution >= 0.6 is 0 Å². The van der Waals surface area contributed by atoms with Crippen LogP contribution in [-0.2, 0) is 6.61 Å². The molecule has 0 unspecified atom stereocenters. The van der Waals surface area contributed by atoms with Gasteiger partial charge < -0.3 is 9.84 Å². The number of carboxylic acids is 1. The largest absolute Gasteiger partial charge is 0.486 e. The molecule has 0 amide bonds. The third-order valence-corrected chi connectivity index (χ3v) is 2.88. The summed E-state index contributed by atoms with van der Waals surface area (Å²) >= 11 is 0. The standard InChI is InChI=1S/C15H12N4O3/c20-14(21)13-6-7-19(18-13)15-16-8-12(9-17-15)22-10-11-4-2-1-3-5-11/h1-9H,10H2,(H,20,21). The number of hydrogen-bond acceptors (Lipinski definition) is 5. The Morgan fingerprint density at radius 3 is 2.50 bits per heavy atom. The van der Waals surface area contributed by atoms with Crippen molar-refractivity contribution in [3.63, 3.8) is 0 Å². The van der Waals surface area contributed by atoms with Gasteiger partial charge in [0, 0.05) is 6.20 Å². The average molecular weight is 296 g/mol. The number of rotatable bonds is 5. The molecule has 2 heterocycles. The number of aromatic nitrogens is 4. The van der Waals surface area contributed by atoms with Gasteiger partial charge in [-0.05, 0) is 11.6 Å². The van der Waals surface area contributed by atoms with Crippen LogP contribution in [0.2, 0.25) is 0 Å². The van der Waals surface area contributed by atoms with Crippen molar-refractivity contribution in [1.82, 2.24) is 19.7 Å². The highest BCUT2D eigenvalue weighted by atomic mass is 16.5. The number of hydrogen-bond donors (Lipinski definition) is 1. The molecule has 3 rings (SSSR count). The molecule has 0 fully saturated rings. The van der Waals surface area contributed by atoms with Crippen molar-refractivity contribution >= 4 is 5.97 Å². The lowest BCUT2D eigenvalue weighted by Crippen LogP contribution is -2.05. The number of aromatic carboxylic acids is 1. The van der Waals surface area contributed by atoms with E-state index < -0.39 is 5.97 Å². The summed E-state index contributed by atoms with van der Waals surface area (Å²) in [6.07, 6.45) is 4.53. The first kappa shape index (κ1) is 13.7. The van der Waals surface area contributed by atoms with Crippen LogP contribution in [-0.4, -0.2) is 30.8 Å². The predicted molar refractivity (Wildman–Crippen MR) is 76.9 cm³/mol. The summed E-state index contributed by atoms with van der Waals surface area (Å²) in [6.45, 7) is 0.425. The lowest BCUT2D eigenvalue weighted by Gasteiger charge is -2.06. The minimum atomic E-state index is -1.10. The predicted octanol–water partition coefficient (Wildman–Crippen LogP) is 1.94. The fraction of sp³-hybridized carbons (Fsp3) is 0.0667. The maximum absolute atomic E-state index is 10.8. The topological polar surface area (TPSA) is 90.1 Å². The van der Waals surface area contributed by atoms with Crippen LogP contribution in [0.5, 0.6) is 5.75 Å². The molecule has 0 aliphatic carbocycles. The van der Waals surface area contributed by atoms with E-state index in [1.54, 1.807) is 0 Å². The fourth-order valence-electron chi connectivity index (χ4n) is 1.79. The molecule has 0 saturated carbocycles. The van der Waals surface area contributed by atoms with E-state index in [4.69, 9.17) is 9.84 Å². The van der Waals surface area contributed by atoms with Gasteiger partial charge in [-0.15, -0.1) is 0 Å². The molecule has 22 heavy (non-hydrogen) atoms. The van der Waals surface area contributed by atoms with E-state index in [0.29, 0.717) is 12.4 Å². The van der Waals surface area contributed by atoms with E-state index >= 15 is 0 Å². The number of ether oxygens (including phenoxy) is 1. The zero-order valence-electron chi connectivity index (χ0n) is 11.5. The van der Waals surface area contributed by atoms with Crippen molar-refractivity contribution in [2.24, 2.45) is 0 Å². The second kappa shape index (κ2) is 6.04. The second-order valence-corrected chi connectivity index (χ2v) is 4.44. The van der Waals surface area contributed by atoms with E-state index in [1.165, 1.54) is 29.3 Å². The molecule has 0 spiro atoms. The normalized spacial score (nSPS) is 10.4. The summed E-state index contributed by atoms with van der Waals surface area (Å²) < 4.78 is 6.87. The zero-order chi connectivity index (χ0) is 15.4. The van der Waals surface area contributed by atoms with Crippen LogP contribution in [0.1, 0.15) is 16.1 Å². The monoisotopic (exact) mass is 296 g/mol. The smallest absolute Gasteiger partial charge is 0.356 e. The number of benzene rings is 1. The van der Waals surface area contributed by atoms with E-state index in [0.717, 1.165) is 5.56 Å². The summed E-state index contributed by atoms with van der Waals surface area (Å²) in [5.74, 6) is -0.292. The summed E-state index contributed by atoms with van der Waals surface area (Å²) in [5.41, 5.74) is 0.984. The molecule has 2 aromatic heterocycles. The number of carbonyl (C=O) groups is 1. The van der Waals surface area contributed by atoms with Gasteiger partial charge in [0.2, 0.25) is 0 Å². The van der Waals surface area contributed by atoms with Crippen LogP contribution in [0.15, 0.2) is 55.0 Å².